The van der Waals surface area contributed by atoms with Crippen LogP contribution in [-0.4, -0.2) is 18.6 Å². The molecule has 0 radical (unpaired) electrons. The van der Waals surface area contributed by atoms with Gasteiger partial charge in [-0.25, -0.2) is 4.98 Å². The van der Waals surface area contributed by atoms with Gasteiger partial charge in [-0.1, -0.05) is 30.3 Å². The van der Waals surface area contributed by atoms with E-state index in [1.54, 1.807) is 13.3 Å². The molecule has 0 bridgehead atoms. The van der Waals surface area contributed by atoms with Crippen LogP contribution < -0.4 is 10.1 Å². The van der Waals surface area contributed by atoms with E-state index >= 15 is 0 Å². The first-order valence-electron chi connectivity index (χ1n) is 5.72. The Morgan fingerprint density at radius 1 is 1.22 bits per heavy atom. The fourth-order valence-electron chi connectivity index (χ4n) is 1.58. The lowest BCUT2D eigenvalue weighted by molar-refractivity contribution is 0.413. The standard InChI is InChI=1S/C14H15ClN2O/c1-18-12-7-8-14(16-9-12)17-10-13(15)11-5-3-2-4-6-11/h2-9,13H,10H2,1H3,(H,16,17). The van der Waals surface area contributed by atoms with Crippen LogP contribution in [0.2, 0.25) is 0 Å². The zero-order valence-corrected chi connectivity index (χ0v) is 10.9. The van der Waals surface area contributed by atoms with Crippen LogP contribution in [0.15, 0.2) is 48.7 Å². The molecule has 2 aromatic rings. The summed E-state index contributed by atoms with van der Waals surface area (Å²) in [7, 11) is 1.62. The van der Waals surface area contributed by atoms with Gasteiger partial charge in [0.15, 0.2) is 0 Å². The molecule has 1 heterocycles. The highest BCUT2D eigenvalue weighted by Crippen LogP contribution is 2.20. The molecule has 2 rings (SSSR count). The zero-order chi connectivity index (χ0) is 12.8. The average Bonchev–Trinajstić information content (AvgIpc) is 2.46. The predicted molar refractivity (Wildman–Crippen MR) is 74.3 cm³/mol. The van der Waals surface area contributed by atoms with Gasteiger partial charge in [0, 0.05) is 6.54 Å². The Balaban J connectivity index is 1.91. The number of halogens is 1. The van der Waals surface area contributed by atoms with Crippen LogP contribution in [0.5, 0.6) is 5.75 Å². The number of pyridine rings is 1. The van der Waals surface area contributed by atoms with Gasteiger partial charge in [0.05, 0.1) is 18.7 Å². The van der Waals surface area contributed by atoms with Crippen LogP contribution in [0.25, 0.3) is 0 Å². The van der Waals surface area contributed by atoms with Gasteiger partial charge < -0.3 is 10.1 Å². The Morgan fingerprint density at radius 3 is 2.61 bits per heavy atom. The van der Waals surface area contributed by atoms with Gasteiger partial charge in [0.25, 0.3) is 0 Å². The van der Waals surface area contributed by atoms with Crippen molar-refractivity contribution in [1.29, 1.82) is 0 Å². The van der Waals surface area contributed by atoms with Crippen molar-refractivity contribution in [3.63, 3.8) is 0 Å². The van der Waals surface area contributed by atoms with Crippen LogP contribution in [0.4, 0.5) is 5.82 Å². The zero-order valence-electron chi connectivity index (χ0n) is 10.1. The summed E-state index contributed by atoms with van der Waals surface area (Å²) >= 11 is 6.30. The SMILES string of the molecule is COc1ccc(NCC(Cl)c2ccccc2)nc1. The molecule has 1 aromatic carbocycles. The molecule has 4 heteroatoms. The molecule has 94 valence electrons. The normalized spacial score (nSPS) is 11.9. The molecule has 1 unspecified atom stereocenters. The van der Waals surface area contributed by atoms with E-state index < -0.39 is 0 Å². The number of aromatic nitrogens is 1. The summed E-state index contributed by atoms with van der Waals surface area (Å²) in [6.07, 6.45) is 1.67. The smallest absolute Gasteiger partial charge is 0.137 e. The second-order valence-electron chi connectivity index (χ2n) is 3.84. The van der Waals surface area contributed by atoms with Crippen molar-refractivity contribution in [3.05, 3.63) is 54.2 Å². The number of alkyl halides is 1. The lowest BCUT2D eigenvalue weighted by Crippen LogP contribution is -2.08. The Labute approximate surface area is 112 Å². The number of hydrogen-bond acceptors (Lipinski definition) is 3. The minimum atomic E-state index is -0.0740. The van der Waals surface area contributed by atoms with E-state index in [1.807, 2.05) is 42.5 Å². The van der Waals surface area contributed by atoms with Gasteiger partial charge in [0.2, 0.25) is 0 Å². The molecule has 0 spiro atoms. The van der Waals surface area contributed by atoms with Crippen LogP contribution in [0.1, 0.15) is 10.9 Å². The minimum absolute atomic E-state index is 0.0740. The predicted octanol–water partition coefficient (Wildman–Crippen LogP) is 3.48. The third kappa shape index (κ3) is 3.37. The molecule has 1 atom stereocenters. The Morgan fingerprint density at radius 2 is 2.00 bits per heavy atom. The van der Waals surface area contributed by atoms with Crippen LogP contribution in [0, 0.1) is 0 Å². The van der Waals surface area contributed by atoms with Gasteiger partial charge in [0.1, 0.15) is 11.6 Å². The third-order valence-corrected chi connectivity index (χ3v) is 3.00. The maximum atomic E-state index is 6.30. The van der Waals surface area contributed by atoms with E-state index in [-0.39, 0.29) is 5.38 Å². The second-order valence-corrected chi connectivity index (χ2v) is 4.37. The summed E-state index contributed by atoms with van der Waals surface area (Å²) in [6.45, 7) is 0.630. The number of ether oxygens (including phenoxy) is 1. The Kier molecular flexibility index (Phi) is 4.42. The van der Waals surface area contributed by atoms with Gasteiger partial charge in [-0.15, -0.1) is 11.6 Å². The monoisotopic (exact) mass is 262 g/mol. The summed E-state index contributed by atoms with van der Waals surface area (Å²) in [5, 5.41) is 3.12. The molecule has 18 heavy (non-hydrogen) atoms. The molecule has 0 amide bonds. The van der Waals surface area contributed by atoms with Crippen molar-refractivity contribution in [2.24, 2.45) is 0 Å². The van der Waals surface area contributed by atoms with E-state index in [0.29, 0.717) is 6.54 Å². The molecule has 1 N–H and O–H groups in total. The topological polar surface area (TPSA) is 34.1 Å². The van der Waals surface area contributed by atoms with Crippen LogP contribution >= 0.6 is 11.6 Å². The van der Waals surface area contributed by atoms with E-state index in [2.05, 4.69) is 10.3 Å². The number of benzene rings is 1. The van der Waals surface area contributed by atoms with Crippen molar-refractivity contribution >= 4 is 17.4 Å². The van der Waals surface area contributed by atoms with Crippen molar-refractivity contribution in [2.75, 3.05) is 19.0 Å². The number of nitrogens with one attached hydrogen (secondary N) is 1. The lowest BCUT2D eigenvalue weighted by atomic mass is 10.1. The number of rotatable bonds is 5. The second kappa shape index (κ2) is 6.26. The molecule has 0 saturated carbocycles. The van der Waals surface area contributed by atoms with E-state index in [4.69, 9.17) is 16.3 Å². The molecule has 0 aliphatic rings. The van der Waals surface area contributed by atoms with Crippen LogP contribution in [0.3, 0.4) is 0 Å². The van der Waals surface area contributed by atoms with Crippen LogP contribution in [-0.2, 0) is 0 Å². The molecular weight excluding hydrogens is 248 g/mol. The molecule has 0 aliphatic carbocycles. The highest BCUT2D eigenvalue weighted by molar-refractivity contribution is 6.21. The summed E-state index contributed by atoms with van der Waals surface area (Å²) in [5.41, 5.74) is 1.10. The van der Waals surface area contributed by atoms with Crippen molar-refractivity contribution in [3.8, 4) is 5.75 Å². The first-order chi connectivity index (χ1) is 8.79. The van der Waals surface area contributed by atoms with Gasteiger partial charge in [-0.05, 0) is 17.7 Å². The number of anilines is 1. The summed E-state index contributed by atoms with van der Waals surface area (Å²) < 4.78 is 5.05. The lowest BCUT2D eigenvalue weighted by Gasteiger charge is -2.11. The maximum absolute atomic E-state index is 6.30. The number of hydrogen-bond donors (Lipinski definition) is 1. The third-order valence-electron chi connectivity index (χ3n) is 2.60. The largest absolute Gasteiger partial charge is 0.495 e. The summed E-state index contributed by atoms with van der Waals surface area (Å²) in [5.74, 6) is 1.53. The van der Waals surface area contributed by atoms with E-state index in [9.17, 15) is 0 Å². The van der Waals surface area contributed by atoms with Crippen molar-refractivity contribution in [2.45, 2.75) is 5.38 Å². The number of nitrogens with zero attached hydrogens (tertiary/aromatic N) is 1. The fourth-order valence-corrected chi connectivity index (χ4v) is 1.80. The van der Waals surface area contributed by atoms with Crippen molar-refractivity contribution < 1.29 is 4.74 Å². The highest BCUT2D eigenvalue weighted by atomic mass is 35.5. The molecule has 0 fully saturated rings. The quantitative estimate of drug-likeness (QED) is 0.838. The van der Waals surface area contributed by atoms with Gasteiger partial charge in [-0.2, -0.15) is 0 Å². The van der Waals surface area contributed by atoms with Gasteiger partial charge in [-0.3, -0.25) is 0 Å². The van der Waals surface area contributed by atoms with Gasteiger partial charge >= 0.3 is 0 Å². The number of methoxy groups -OCH3 is 1. The molecule has 3 nitrogen and oxygen atoms in total. The summed E-state index contributed by atoms with van der Waals surface area (Å²) in [4.78, 5) is 4.22. The first-order valence-corrected chi connectivity index (χ1v) is 6.16. The first kappa shape index (κ1) is 12.7. The fraction of sp³-hybridized carbons (Fsp3) is 0.214. The maximum Gasteiger partial charge on any atom is 0.137 e. The Hall–Kier alpha value is -1.74. The van der Waals surface area contributed by atoms with E-state index in [0.717, 1.165) is 17.1 Å². The highest BCUT2D eigenvalue weighted by Gasteiger charge is 2.06. The Bertz CT molecular complexity index is 473. The molecule has 0 aliphatic heterocycles. The van der Waals surface area contributed by atoms with E-state index in [1.165, 1.54) is 0 Å². The summed E-state index contributed by atoms with van der Waals surface area (Å²) in [6, 6.07) is 13.7. The molecule has 0 saturated heterocycles. The van der Waals surface area contributed by atoms with Crippen molar-refractivity contribution in [1.82, 2.24) is 4.98 Å². The minimum Gasteiger partial charge on any atom is -0.495 e. The average molecular weight is 263 g/mol. The molecule has 1 aromatic heterocycles. The molecular formula is C14H15ClN2O.